The Bertz CT molecular complexity index is 758. The van der Waals surface area contributed by atoms with Crippen molar-refractivity contribution >= 4 is 11.9 Å². The summed E-state index contributed by atoms with van der Waals surface area (Å²) in [5.74, 6) is 4.95. The number of esters is 2. The molecule has 27 heavy (non-hydrogen) atoms. The van der Waals surface area contributed by atoms with Crippen molar-refractivity contribution in [2.75, 3.05) is 0 Å². The number of carbonyl (C=O) groups is 2. The van der Waals surface area contributed by atoms with Crippen molar-refractivity contribution in [3.05, 3.63) is 48.0 Å². The van der Waals surface area contributed by atoms with Crippen LogP contribution in [0.4, 0.5) is 0 Å². The second kappa shape index (κ2) is 8.88. The molecule has 1 aromatic rings. The average molecular weight is 368 g/mol. The maximum atomic E-state index is 12.4. The van der Waals surface area contributed by atoms with Gasteiger partial charge in [0.1, 0.15) is 12.2 Å². The predicted molar refractivity (Wildman–Crippen MR) is 99.6 cm³/mol. The number of aliphatic hydroxyl groups excluding tert-OH is 1. The minimum Gasteiger partial charge on any atom is -0.462 e. The van der Waals surface area contributed by atoms with Gasteiger partial charge in [0.2, 0.25) is 0 Å². The second-order valence-electron chi connectivity index (χ2n) is 6.94. The molecule has 2 fully saturated rings. The van der Waals surface area contributed by atoms with E-state index in [-0.39, 0.29) is 36.0 Å². The molecule has 5 nitrogen and oxygen atoms in total. The standard InChI is InChI=1S/C22H24O5/c1-2-3-5-10-16(23)11-12-17-18-13-21(24)26-20(18)14-19(17)27-22(25)15-8-6-4-7-9-15/h4,6-9,11-12,16-20,23H,5,10,13-14H2,1H3/b12-11+/t16-,17-,18-,19-,20+/m1/s1. The smallest absolute Gasteiger partial charge is 0.338 e. The molecule has 1 aliphatic carbocycles. The summed E-state index contributed by atoms with van der Waals surface area (Å²) in [6.45, 7) is 1.77. The van der Waals surface area contributed by atoms with Crippen LogP contribution in [0.5, 0.6) is 0 Å². The molecule has 1 saturated heterocycles. The molecule has 1 saturated carbocycles. The van der Waals surface area contributed by atoms with E-state index < -0.39 is 6.10 Å². The summed E-state index contributed by atoms with van der Waals surface area (Å²) < 4.78 is 11.1. The largest absolute Gasteiger partial charge is 0.462 e. The van der Waals surface area contributed by atoms with Gasteiger partial charge in [0, 0.05) is 24.7 Å². The fourth-order valence-corrected chi connectivity index (χ4v) is 3.77. The molecule has 5 atom stereocenters. The quantitative estimate of drug-likeness (QED) is 0.475. The molecule has 2 aliphatic rings. The Morgan fingerprint density at radius 1 is 1.41 bits per heavy atom. The zero-order chi connectivity index (χ0) is 19.2. The van der Waals surface area contributed by atoms with E-state index >= 15 is 0 Å². The molecular formula is C22H24O5. The van der Waals surface area contributed by atoms with E-state index in [0.29, 0.717) is 31.2 Å². The van der Waals surface area contributed by atoms with Crippen LogP contribution in [0.3, 0.4) is 0 Å². The summed E-state index contributed by atoms with van der Waals surface area (Å²) in [7, 11) is 0. The molecular weight excluding hydrogens is 344 g/mol. The number of rotatable bonds is 6. The van der Waals surface area contributed by atoms with E-state index in [1.807, 2.05) is 12.1 Å². The van der Waals surface area contributed by atoms with Crippen molar-refractivity contribution in [3.63, 3.8) is 0 Å². The average Bonchev–Trinajstić information content (AvgIpc) is 3.16. The van der Waals surface area contributed by atoms with Crippen molar-refractivity contribution in [3.8, 4) is 11.8 Å². The van der Waals surface area contributed by atoms with Crippen molar-refractivity contribution in [1.29, 1.82) is 0 Å². The van der Waals surface area contributed by atoms with Crippen molar-refractivity contribution in [2.45, 2.75) is 50.9 Å². The maximum Gasteiger partial charge on any atom is 0.338 e. The normalized spacial score (nSPS) is 27.6. The van der Waals surface area contributed by atoms with Gasteiger partial charge in [0.25, 0.3) is 0 Å². The lowest BCUT2D eigenvalue weighted by molar-refractivity contribution is -0.141. The van der Waals surface area contributed by atoms with Crippen molar-refractivity contribution in [1.82, 2.24) is 0 Å². The summed E-state index contributed by atoms with van der Waals surface area (Å²) >= 11 is 0. The lowest BCUT2D eigenvalue weighted by atomic mass is 9.91. The third-order valence-corrected chi connectivity index (χ3v) is 5.12. The Morgan fingerprint density at radius 2 is 2.19 bits per heavy atom. The Labute approximate surface area is 159 Å². The third kappa shape index (κ3) is 4.78. The van der Waals surface area contributed by atoms with E-state index in [9.17, 15) is 14.7 Å². The van der Waals surface area contributed by atoms with Gasteiger partial charge >= 0.3 is 11.9 Å². The van der Waals surface area contributed by atoms with Gasteiger partial charge in [-0.05, 0) is 25.5 Å². The Balaban J connectivity index is 1.69. The molecule has 0 amide bonds. The summed E-state index contributed by atoms with van der Waals surface area (Å²) in [6, 6.07) is 8.83. The van der Waals surface area contributed by atoms with Crippen molar-refractivity contribution < 1.29 is 24.2 Å². The first kappa shape index (κ1) is 19.2. The molecule has 3 rings (SSSR count). The molecule has 0 aromatic heterocycles. The lowest BCUT2D eigenvalue weighted by Crippen LogP contribution is -2.25. The molecule has 0 radical (unpaired) electrons. The molecule has 142 valence electrons. The summed E-state index contributed by atoms with van der Waals surface area (Å²) in [5, 5.41) is 10.1. The topological polar surface area (TPSA) is 72.8 Å². The van der Waals surface area contributed by atoms with Crippen molar-refractivity contribution in [2.24, 2.45) is 11.8 Å². The van der Waals surface area contributed by atoms with Crippen LogP contribution in [0.1, 0.15) is 43.0 Å². The third-order valence-electron chi connectivity index (χ3n) is 5.12. The first-order valence-electron chi connectivity index (χ1n) is 9.30. The maximum absolute atomic E-state index is 12.4. The van der Waals surface area contributed by atoms with Crippen LogP contribution in [-0.2, 0) is 14.3 Å². The van der Waals surface area contributed by atoms with E-state index in [2.05, 4.69) is 11.8 Å². The van der Waals surface area contributed by atoms with Gasteiger partial charge in [-0.1, -0.05) is 30.4 Å². The van der Waals surface area contributed by atoms with Gasteiger partial charge < -0.3 is 14.6 Å². The SMILES string of the molecule is CC#CCC[C@@H](O)/C=C/[C@@H]1[C@H]2CC(=O)O[C@H]2C[C@H]1OC(=O)c1ccccc1. The highest BCUT2D eigenvalue weighted by Gasteiger charge is 2.50. The van der Waals surface area contributed by atoms with E-state index in [0.717, 1.165) is 0 Å². The lowest BCUT2D eigenvalue weighted by Gasteiger charge is -2.20. The monoisotopic (exact) mass is 368 g/mol. The fraction of sp³-hybridized carbons (Fsp3) is 0.455. The summed E-state index contributed by atoms with van der Waals surface area (Å²) in [6.07, 6.45) is 4.33. The minimum atomic E-state index is -0.617. The first-order valence-corrected chi connectivity index (χ1v) is 9.30. The fourth-order valence-electron chi connectivity index (χ4n) is 3.77. The highest BCUT2D eigenvalue weighted by atomic mass is 16.6. The number of aliphatic hydroxyl groups is 1. The number of hydrogen-bond acceptors (Lipinski definition) is 5. The van der Waals surface area contributed by atoms with Gasteiger partial charge in [-0.3, -0.25) is 4.79 Å². The van der Waals surface area contributed by atoms with Gasteiger partial charge in [-0.15, -0.1) is 11.8 Å². The first-order chi connectivity index (χ1) is 13.1. The zero-order valence-corrected chi connectivity index (χ0v) is 15.3. The van der Waals surface area contributed by atoms with Gasteiger partial charge in [-0.25, -0.2) is 4.79 Å². The molecule has 1 heterocycles. The van der Waals surface area contributed by atoms with Gasteiger partial charge in [0.05, 0.1) is 18.1 Å². The van der Waals surface area contributed by atoms with Crippen LogP contribution in [0.2, 0.25) is 0 Å². The summed E-state index contributed by atoms with van der Waals surface area (Å²) in [4.78, 5) is 24.1. The zero-order valence-electron chi connectivity index (χ0n) is 15.3. The van der Waals surface area contributed by atoms with Crippen LogP contribution < -0.4 is 0 Å². The van der Waals surface area contributed by atoms with Crippen LogP contribution >= 0.6 is 0 Å². The molecule has 0 unspecified atom stereocenters. The summed E-state index contributed by atoms with van der Waals surface area (Å²) in [5.41, 5.74) is 0.493. The van der Waals surface area contributed by atoms with Crippen LogP contribution in [0.15, 0.2) is 42.5 Å². The van der Waals surface area contributed by atoms with Gasteiger partial charge in [0.15, 0.2) is 0 Å². The van der Waals surface area contributed by atoms with Crippen LogP contribution in [0, 0.1) is 23.7 Å². The number of benzene rings is 1. The number of hydrogen-bond donors (Lipinski definition) is 1. The molecule has 1 aromatic carbocycles. The second-order valence-corrected chi connectivity index (χ2v) is 6.94. The predicted octanol–water partition coefficient (Wildman–Crippen LogP) is 2.88. The van der Waals surface area contributed by atoms with E-state index in [1.165, 1.54) is 0 Å². The minimum absolute atomic E-state index is 0.0232. The Kier molecular flexibility index (Phi) is 6.31. The number of ether oxygens (including phenoxy) is 2. The molecule has 1 N–H and O–H groups in total. The molecule has 0 bridgehead atoms. The molecule has 1 aliphatic heterocycles. The Hall–Kier alpha value is -2.58. The molecule has 0 spiro atoms. The number of carbonyl (C=O) groups excluding carboxylic acids is 2. The van der Waals surface area contributed by atoms with Gasteiger partial charge in [-0.2, -0.15) is 0 Å². The number of fused-ring (bicyclic) bond motifs is 1. The van der Waals surface area contributed by atoms with Crippen LogP contribution in [-0.4, -0.2) is 35.4 Å². The van der Waals surface area contributed by atoms with Crippen LogP contribution in [0.25, 0.3) is 0 Å². The van der Waals surface area contributed by atoms with E-state index in [4.69, 9.17) is 9.47 Å². The highest BCUT2D eigenvalue weighted by molar-refractivity contribution is 5.89. The Morgan fingerprint density at radius 3 is 2.93 bits per heavy atom. The molecule has 5 heteroatoms. The highest BCUT2D eigenvalue weighted by Crippen LogP contribution is 2.43. The van der Waals surface area contributed by atoms with E-state index in [1.54, 1.807) is 37.3 Å².